The van der Waals surface area contributed by atoms with E-state index in [1.54, 1.807) is 18.3 Å². The summed E-state index contributed by atoms with van der Waals surface area (Å²) >= 11 is 6.27. The number of carbonyl (C=O) groups is 1. The predicted octanol–water partition coefficient (Wildman–Crippen LogP) is 1.74. The number of carbonyl (C=O) groups excluding carboxylic acids is 1. The van der Waals surface area contributed by atoms with Crippen molar-refractivity contribution in [2.45, 2.75) is 36.1 Å². The molecule has 3 aromatic heterocycles. The summed E-state index contributed by atoms with van der Waals surface area (Å²) in [5, 5.41) is 7.89. The first kappa shape index (κ1) is 22.8. The molecule has 10 nitrogen and oxygen atoms in total. The van der Waals surface area contributed by atoms with Gasteiger partial charge in [-0.2, -0.15) is 35.9 Å². The predicted molar refractivity (Wildman–Crippen MR) is 109 cm³/mol. The summed E-state index contributed by atoms with van der Waals surface area (Å²) in [5.74, 6) is -0.264. The van der Waals surface area contributed by atoms with Crippen molar-refractivity contribution in [2.75, 3.05) is 13.2 Å². The summed E-state index contributed by atoms with van der Waals surface area (Å²) in [6.45, 7) is -1.03. The fraction of sp³-hybridized carbons (Fsp3) is 0.368. The first-order valence-corrected chi connectivity index (χ1v) is 11.7. The summed E-state index contributed by atoms with van der Waals surface area (Å²) < 4.78 is 69.8. The molecule has 0 N–H and O–H groups in total. The lowest BCUT2D eigenvalue weighted by atomic mass is 9.80. The van der Waals surface area contributed by atoms with Crippen molar-refractivity contribution in [1.29, 1.82) is 0 Å². The number of rotatable bonds is 5. The van der Waals surface area contributed by atoms with Gasteiger partial charge in [-0.15, -0.1) is 0 Å². The molecule has 0 aromatic carbocycles. The summed E-state index contributed by atoms with van der Waals surface area (Å²) in [6, 6.07) is 3.30. The second kappa shape index (κ2) is 7.78. The van der Waals surface area contributed by atoms with Crippen LogP contribution in [0, 0.1) is 0 Å². The van der Waals surface area contributed by atoms with Crippen LogP contribution in [-0.2, 0) is 44.6 Å². The molecule has 2 aliphatic heterocycles. The quantitative estimate of drug-likeness (QED) is 0.507. The number of nitrogens with zero attached hydrogens (tertiary/aromatic N) is 6. The van der Waals surface area contributed by atoms with Gasteiger partial charge < -0.3 is 9.64 Å². The number of hydrogen-bond acceptors (Lipinski definition) is 7. The summed E-state index contributed by atoms with van der Waals surface area (Å²) in [6.07, 6.45) is -0.127. The van der Waals surface area contributed by atoms with Crippen LogP contribution in [0.1, 0.15) is 17.0 Å². The molecular weight excluding hydrogens is 501 g/mol. The third kappa shape index (κ3) is 3.75. The van der Waals surface area contributed by atoms with E-state index in [1.807, 2.05) is 0 Å². The third-order valence-electron chi connectivity index (χ3n) is 5.66. The van der Waals surface area contributed by atoms with Gasteiger partial charge in [0, 0.05) is 30.7 Å². The van der Waals surface area contributed by atoms with Crippen molar-refractivity contribution in [2.24, 2.45) is 0 Å². The Bertz CT molecular complexity index is 1360. The van der Waals surface area contributed by atoms with Crippen molar-refractivity contribution in [3.05, 3.63) is 58.9 Å². The van der Waals surface area contributed by atoms with Gasteiger partial charge in [0.1, 0.15) is 16.9 Å². The average Bonchev–Trinajstić information content (AvgIpc) is 3.42. The Morgan fingerprint density at radius 1 is 1.24 bits per heavy atom. The topological polar surface area (TPSA) is 112 Å². The van der Waals surface area contributed by atoms with Gasteiger partial charge in [-0.05, 0) is 12.1 Å². The highest BCUT2D eigenvalue weighted by Crippen LogP contribution is 2.39. The Balaban J connectivity index is 1.35. The summed E-state index contributed by atoms with van der Waals surface area (Å²) in [5.41, 5.74) is 0.252. The first-order valence-electron chi connectivity index (χ1n) is 9.90. The zero-order valence-electron chi connectivity index (χ0n) is 17.2. The van der Waals surface area contributed by atoms with E-state index in [0.717, 1.165) is 12.4 Å². The lowest BCUT2D eigenvalue weighted by Gasteiger charge is -2.41. The lowest BCUT2D eigenvalue weighted by molar-refractivity contribution is -0.157. The molecule has 1 fully saturated rings. The number of amides is 1. The molecule has 0 bridgehead atoms. The maximum Gasteiger partial charge on any atom is 0.408 e. The Hall–Kier alpha value is -2.97. The minimum atomic E-state index is -4.54. The van der Waals surface area contributed by atoms with Crippen molar-refractivity contribution < 1.29 is 31.1 Å². The molecule has 3 aromatic rings. The molecule has 0 radical (unpaired) electrons. The molecule has 0 saturated carbocycles. The standard InChI is InChI=1S/C19H16ClF3N6O4S/c20-14-2-1-3-24-16(14)18(10-33-11-18)17(30)27-5-12-6-29(26-15(12)8-27)34(31,32)13-4-25-28(7-13)9-19(21,22)23/h1-4,6-7H,5,8-11H2. The Kier molecular flexibility index (Phi) is 5.22. The van der Waals surface area contributed by atoms with Gasteiger partial charge >= 0.3 is 6.18 Å². The van der Waals surface area contributed by atoms with E-state index in [-0.39, 0.29) is 32.2 Å². The number of aromatic nitrogens is 5. The second-order valence-electron chi connectivity index (χ2n) is 8.04. The zero-order chi connectivity index (χ0) is 24.3. The highest BCUT2D eigenvalue weighted by molar-refractivity contribution is 7.89. The molecule has 0 aliphatic carbocycles. The van der Waals surface area contributed by atoms with Gasteiger partial charge in [-0.25, -0.2) is 0 Å². The monoisotopic (exact) mass is 516 g/mol. The third-order valence-corrected chi connectivity index (χ3v) is 7.45. The van der Waals surface area contributed by atoms with Crippen molar-refractivity contribution in [3.8, 4) is 0 Å². The average molecular weight is 517 g/mol. The van der Waals surface area contributed by atoms with Crippen LogP contribution in [0.3, 0.4) is 0 Å². The lowest BCUT2D eigenvalue weighted by Crippen LogP contribution is -2.58. The molecule has 0 spiro atoms. The van der Waals surface area contributed by atoms with Gasteiger partial charge in [-0.3, -0.25) is 14.5 Å². The van der Waals surface area contributed by atoms with E-state index in [4.69, 9.17) is 16.3 Å². The van der Waals surface area contributed by atoms with Crippen LogP contribution in [-0.4, -0.2) is 62.6 Å². The van der Waals surface area contributed by atoms with E-state index in [2.05, 4.69) is 15.2 Å². The molecule has 5 heterocycles. The molecule has 0 atom stereocenters. The highest BCUT2D eigenvalue weighted by atomic mass is 35.5. The van der Waals surface area contributed by atoms with Crippen LogP contribution >= 0.6 is 11.6 Å². The molecule has 1 saturated heterocycles. The summed E-state index contributed by atoms with van der Waals surface area (Å²) in [7, 11) is -4.26. The highest BCUT2D eigenvalue weighted by Gasteiger charge is 2.52. The largest absolute Gasteiger partial charge is 0.408 e. The summed E-state index contributed by atoms with van der Waals surface area (Å²) in [4.78, 5) is 18.7. The van der Waals surface area contributed by atoms with Crippen LogP contribution in [0.15, 0.2) is 41.8 Å². The number of halogens is 4. The maximum atomic E-state index is 13.4. The van der Waals surface area contributed by atoms with Gasteiger partial charge in [0.15, 0.2) is 0 Å². The van der Waals surface area contributed by atoms with Crippen LogP contribution in [0.5, 0.6) is 0 Å². The van der Waals surface area contributed by atoms with Crippen LogP contribution in [0.4, 0.5) is 13.2 Å². The number of ether oxygens (including phenoxy) is 1. The van der Waals surface area contributed by atoms with Gasteiger partial charge in [-0.1, -0.05) is 11.6 Å². The van der Waals surface area contributed by atoms with E-state index < -0.39 is 33.1 Å². The van der Waals surface area contributed by atoms with Crippen molar-refractivity contribution in [1.82, 2.24) is 28.9 Å². The molecule has 15 heteroatoms. The van der Waals surface area contributed by atoms with Gasteiger partial charge in [0.25, 0.3) is 10.0 Å². The Morgan fingerprint density at radius 3 is 2.62 bits per heavy atom. The first-order chi connectivity index (χ1) is 16.0. The Morgan fingerprint density at radius 2 is 2.00 bits per heavy atom. The van der Waals surface area contributed by atoms with E-state index in [9.17, 15) is 26.4 Å². The minimum Gasteiger partial charge on any atom is -0.378 e. The van der Waals surface area contributed by atoms with Gasteiger partial charge in [0.05, 0.1) is 42.4 Å². The van der Waals surface area contributed by atoms with Crippen molar-refractivity contribution in [3.63, 3.8) is 0 Å². The van der Waals surface area contributed by atoms with E-state index >= 15 is 0 Å². The number of alkyl halides is 3. The second-order valence-corrected chi connectivity index (χ2v) is 10.2. The number of pyridine rings is 1. The number of hydrogen-bond donors (Lipinski definition) is 0. The van der Waals surface area contributed by atoms with E-state index in [1.165, 1.54) is 11.1 Å². The molecule has 34 heavy (non-hydrogen) atoms. The van der Waals surface area contributed by atoms with Crippen molar-refractivity contribution >= 4 is 27.5 Å². The normalized spacial score (nSPS) is 17.5. The smallest absolute Gasteiger partial charge is 0.378 e. The fourth-order valence-electron chi connectivity index (χ4n) is 3.96. The van der Waals surface area contributed by atoms with Gasteiger partial charge in [0.2, 0.25) is 5.91 Å². The molecule has 5 rings (SSSR count). The van der Waals surface area contributed by atoms with E-state index in [0.29, 0.717) is 30.7 Å². The van der Waals surface area contributed by atoms with Crippen LogP contribution < -0.4 is 0 Å². The SMILES string of the molecule is O=C(N1Cc2cn(S(=O)(=O)c3cnn(CC(F)(F)F)c3)nc2C1)C1(c2ncccc2Cl)COC1. The molecule has 1 amide bonds. The Labute approximate surface area is 195 Å². The fourth-order valence-corrected chi connectivity index (χ4v) is 5.38. The van der Waals surface area contributed by atoms with Crippen LogP contribution in [0.2, 0.25) is 5.02 Å². The molecule has 2 aliphatic rings. The zero-order valence-corrected chi connectivity index (χ0v) is 18.8. The molecular formula is C19H16ClF3N6O4S. The molecule has 180 valence electrons. The molecule has 0 unspecified atom stereocenters. The number of fused-ring (bicyclic) bond motifs is 1. The van der Waals surface area contributed by atoms with Crippen LogP contribution in [0.25, 0.3) is 0 Å². The maximum absolute atomic E-state index is 13.4. The minimum absolute atomic E-state index is 0.0518.